The minimum Gasteiger partial charge on any atom is -0.355 e. The Morgan fingerprint density at radius 2 is 1.88 bits per heavy atom. The standard InChI is InChI=1S/C24H30Cl2N6/c1-4-30-9-7-17(8-10-30)18-13-31(14-18)22-12-27-23-15(2)29-32(24(23)28-22)16(3)20-6-5-19(25)11-21(20)26/h5-6,11-12,16-18H,4,7-10,13-14H2,1-3H3/t16-/m1/s1. The first-order chi connectivity index (χ1) is 15.4. The molecule has 0 amide bonds. The number of halogens is 2. The molecule has 0 spiro atoms. The third kappa shape index (κ3) is 3.97. The molecule has 2 fully saturated rings. The topological polar surface area (TPSA) is 50.1 Å². The zero-order valence-electron chi connectivity index (χ0n) is 18.9. The van der Waals surface area contributed by atoms with Gasteiger partial charge < -0.3 is 9.80 Å². The molecule has 8 heteroatoms. The summed E-state index contributed by atoms with van der Waals surface area (Å²) in [5.74, 6) is 2.55. The molecule has 0 bridgehead atoms. The summed E-state index contributed by atoms with van der Waals surface area (Å²) >= 11 is 12.6. The van der Waals surface area contributed by atoms with Crippen LogP contribution >= 0.6 is 23.2 Å². The lowest BCUT2D eigenvalue weighted by atomic mass is 9.79. The first kappa shape index (κ1) is 21.9. The van der Waals surface area contributed by atoms with Crippen LogP contribution in [0.5, 0.6) is 0 Å². The van der Waals surface area contributed by atoms with Crippen LogP contribution in [0.4, 0.5) is 5.82 Å². The molecule has 1 atom stereocenters. The van der Waals surface area contributed by atoms with Crippen LogP contribution in [0.3, 0.4) is 0 Å². The van der Waals surface area contributed by atoms with Gasteiger partial charge in [0, 0.05) is 23.1 Å². The average Bonchev–Trinajstić information content (AvgIpc) is 3.09. The maximum Gasteiger partial charge on any atom is 0.179 e. The highest BCUT2D eigenvalue weighted by Crippen LogP contribution is 2.35. The number of hydrogen-bond donors (Lipinski definition) is 0. The van der Waals surface area contributed by atoms with Crippen molar-refractivity contribution in [1.82, 2.24) is 24.6 Å². The summed E-state index contributed by atoms with van der Waals surface area (Å²) in [6, 6.07) is 5.52. The van der Waals surface area contributed by atoms with Gasteiger partial charge in [0.25, 0.3) is 0 Å². The molecule has 0 radical (unpaired) electrons. The van der Waals surface area contributed by atoms with Crippen LogP contribution < -0.4 is 4.90 Å². The molecule has 5 rings (SSSR count). The number of nitrogens with zero attached hydrogens (tertiary/aromatic N) is 6. The molecule has 6 nitrogen and oxygen atoms in total. The van der Waals surface area contributed by atoms with Gasteiger partial charge >= 0.3 is 0 Å². The molecule has 2 aromatic heterocycles. The van der Waals surface area contributed by atoms with E-state index in [0.717, 1.165) is 53.2 Å². The normalized spacial score (nSPS) is 19.5. The molecule has 2 aliphatic rings. The van der Waals surface area contributed by atoms with E-state index in [-0.39, 0.29) is 6.04 Å². The number of likely N-dealkylation sites (tertiary alicyclic amines) is 1. The van der Waals surface area contributed by atoms with Gasteiger partial charge in [-0.3, -0.25) is 0 Å². The van der Waals surface area contributed by atoms with E-state index in [1.807, 2.05) is 29.9 Å². The Bertz CT molecular complexity index is 1120. The number of rotatable bonds is 5. The Morgan fingerprint density at radius 3 is 2.56 bits per heavy atom. The van der Waals surface area contributed by atoms with E-state index in [1.54, 1.807) is 6.07 Å². The van der Waals surface area contributed by atoms with Gasteiger partial charge in [-0.15, -0.1) is 0 Å². The summed E-state index contributed by atoms with van der Waals surface area (Å²) in [5, 5.41) is 6.02. The summed E-state index contributed by atoms with van der Waals surface area (Å²) in [4.78, 5) is 14.6. The van der Waals surface area contributed by atoms with Crippen LogP contribution in [0.2, 0.25) is 10.0 Å². The first-order valence-corrected chi connectivity index (χ1v) is 12.3. The van der Waals surface area contributed by atoms with Gasteiger partial charge in [-0.2, -0.15) is 5.10 Å². The third-order valence-corrected chi connectivity index (χ3v) is 7.88. The zero-order chi connectivity index (χ0) is 22.4. The summed E-state index contributed by atoms with van der Waals surface area (Å²) < 4.78 is 1.94. The van der Waals surface area contributed by atoms with Gasteiger partial charge in [-0.25, -0.2) is 14.6 Å². The molecule has 170 valence electrons. The van der Waals surface area contributed by atoms with Gasteiger partial charge in [0.05, 0.1) is 17.9 Å². The van der Waals surface area contributed by atoms with E-state index < -0.39 is 0 Å². The van der Waals surface area contributed by atoms with Crippen LogP contribution in [-0.4, -0.2) is 57.4 Å². The molecule has 2 aliphatic heterocycles. The number of piperidine rings is 1. The van der Waals surface area contributed by atoms with Crippen molar-refractivity contribution in [3.8, 4) is 0 Å². The van der Waals surface area contributed by atoms with Gasteiger partial charge in [0.2, 0.25) is 0 Å². The Kier molecular flexibility index (Phi) is 6.03. The van der Waals surface area contributed by atoms with Crippen LogP contribution in [-0.2, 0) is 0 Å². The Hall–Kier alpha value is -1.89. The smallest absolute Gasteiger partial charge is 0.179 e. The number of fused-ring (bicyclic) bond motifs is 1. The Balaban J connectivity index is 1.35. The monoisotopic (exact) mass is 472 g/mol. The predicted molar refractivity (Wildman–Crippen MR) is 131 cm³/mol. The molecule has 32 heavy (non-hydrogen) atoms. The van der Waals surface area contributed by atoms with E-state index in [4.69, 9.17) is 38.3 Å². The van der Waals surface area contributed by atoms with E-state index in [2.05, 4.69) is 23.6 Å². The number of benzene rings is 1. The fourth-order valence-corrected chi connectivity index (χ4v) is 5.74. The van der Waals surface area contributed by atoms with E-state index in [9.17, 15) is 0 Å². The van der Waals surface area contributed by atoms with Crippen LogP contribution in [0, 0.1) is 18.8 Å². The second-order valence-electron chi connectivity index (χ2n) is 9.21. The summed E-state index contributed by atoms with van der Waals surface area (Å²) in [7, 11) is 0. The number of hydrogen-bond acceptors (Lipinski definition) is 5. The third-order valence-electron chi connectivity index (χ3n) is 7.32. The van der Waals surface area contributed by atoms with E-state index in [1.165, 1.54) is 32.5 Å². The number of anilines is 1. The molecule has 0 saturated carbocycles. The lowest BCUT2D eigenvalue weighted by Gasteiger charge is -2.46. The van der Waals surface area contributed by atoms with Crippen molar-refractivity contribution in [1.29, 1.82) is 0 Å². The quantitative estimate of drug-likeness (QED) is 0.509. The average molecular weight is 473 g/mol. The van der Waals surface area contributed by atoms with E-state index in [0.29, 0.717) is 10.0 Å². The number of aromatic nitrogens is 4. The van der Waals surface area contributed by atoms with Crippen molar-refractivity contribution in [3.63, 3.8) is 0 Å². The predicted octanol–water partition coefficient (Wildman–Crippen LogP) is 5.22. The second-order valence-corrected chi connectivity index (χ2v) is 10.1. The maximum absolute atomic E-state index is 6.48. The fourth-order valence-electron chi connectivity index (χ4n) is 5.17. The molecule has 4 heterocycles. The van der Waals surface area contributed by atoms with Crippen molar-refractivity contribution in [2.75, 3.05) is 37.6 Å². The Morgan fingerprint density at radius 1 is 1.12 bits per heavy atom. The lowest BCUT2D eigenvalue weighted by molar-refractivity contribution is 0.136. The van der Waals surface area contributed by atoms with Gasteiger partial charge in [0.1, 0.15) is 11.3 Å². The van der Waals surface area contributed by atoms with Crippen molar-refractivity contribution in [2.24, 2.45) is 11.8 Å². The highest BCUT2D eigenvalue weighted by atomic mass is 35.5. The molecular weight excluding hydrogens is 443 g/mol. The molecule has 3 aromatic rings. The van der Waals surface area contributed by atoms with Gasteiger partial charge in [-0.1, -0.05) is 36.2 Å². The SMILES string of the molecule is CCN1CCC(C2CN(c3cnc4c(C)nn([C@H](C)c5ccc(Cl)cc5Cl)c4n3)C2)CC1. The minimum absolute atomic E-state index is 0.0756. The van der Waals surface area contributed by atoms with Crippen molar-refractivity contribution in [3.05, 3.63) is 45.7 Å². The maximum atomic E-state index is 6.48. The molecule has 1 aromatic carbocycles. The minimum atomic E-state index is -0.0756. The van der Waals surface area contributed by atoms with Crippen LogP contribution in [0.25, 0.3) is 11.2 Å². The van der Waals surface area contributed by atoms with Gasteiger partial charge in [0.15, 0.2) is 5.65 Å². The summed E-state index contributed by atoms with van der Waals surface area (Å²) in [6.07, 6.45) is 4.54. The second kappa shape index (κ2) is 8.81. The summed E-state index contributed by atoms with van der Waals surface area (Å²) in [5.41, 5.74) is 3.49. The molecule has 0 unspecified atom stereocenters. The molecule has 0 N–H and O–H groups in total. The molecule has 0 aliphatic carbocycles. The fraction of sp³-hybridized carbons (Fsp3) is 0.542. The number of aryl methyl sites for hydroxylation is 1. The van der Waals surface area contributed by atoms with Crippen molar-refractivity contribution >= 4 is 40.2 Å². The largest absolute Gasteiger partial charge is 0.355 e. The first-order valence-electron chi connectivity index (χ1n) is 11.6. The highest BCUT2D eigenvalue weighted by Gasteiger charge is 2.36. The molecule has 2 saturated heterocycles. The highest BCUT2D eigenvalue weighted by molar-refractivity contribution is 6.35. The molecular formula is C24H30Cl2N6. The van der Waals surface area contributed by atoms with Gasteiger partial charge in [-0.05, 0) is 75.9 Å². The Labute approximate surface area is 199 Å². The van der Waals surface area contributed by atoms with Crippen molar-refractivity contribution in [2.45, 2.75) is 39.7 Å². The van der Waals surface area contributed by atoms with Crippen LogP contribution in [0.15, 0.2) is 24.4 Å². The lowest BCUT2D eigenvalue weighted by Crippen LogP contribution is -2.52. The summed E-state index contributed by atoms with van der Waals surface area (Å²) in [6.45, 7) is 12.1. The zero-order valence-corrected chi connectivity index (χ0v) is 20.4. The van der Waals surface area contributed by atoms with Crippen molar-refractivity contribution < 1.29 is 0 Å². The van der Waals surface area contributed by atoms with Crippen LogP contribution in [0.1, 0.15) is 44.0 Å². The van der Waals surface area contributed by atoms with E-state index >= 15 is 0 Å².